The highest BCUT2D eigenvalue weighted by Crippen LogP contribution is 2.41. The van der Waals surface area contributed by atoms with E-state index in [0.29, 0.717) is 35.9 Å². The molecular formula is C18H22FN5O. The quantitative estimate of drug-likeness (QED) is 0.831. The van der Waals surface area contributed by atoms with E-state index in [9.17, 15) is 4.39 Å². The molecule has 2 bridgehead atoms. The van der Waals surface area contributed by atoms with Gasteiger partial charge in [0.2, 0.25) is 0 Å². The van der Waals surface area contributed by atoms with Crippen LogP contribution >= 0.6 is 0 Å². The normalized spacial score (nSPS) is 25.9. The van der Waals surface area contributed by atoms with Crippen LogP contribution < -0.4 is 4.90 Å². The van der Waals surface area contributed by atoms with Crippen molar-refractivity contribution in [3.05, 3.63) is 35.4 Å². The summed E-state index contributed by atoms with van der Waals surface area (Å²) < 4.78 is 20.0. The van der Waals surface area contributed by atoms with E-state index in [0.717, 1.165) is 37.5 Å². The van der Waals surface area contributed by atoms with Gasteiger partial charge in [-0.15, -0.1) is 0 Å². The molecule has 2 atom stereocenters. The Balaban J connectivity index is 1.27. The molecule has 5 heterocycles. The number of piperazine rings is 1. The third kappa shape index (κ3) is 2.61. The van der Waals surface area contributed by atoms with Crippen molar-refractivity contribution < 1.29 is 8.91 Å². The zero-order chi connectivity index (χ0) is 17.0. The van der Waals surface area contributed by atoms with Gasteiger partial charge in [0, 0.05) is 43.7 Å². The first kappa shape index (κ1) is 15.3. The molecule has 0 amide bonds. The summed E-state index contributed by atoms with van der Waals surface area (Å²) in [5.41, 5.74) is 1.52. The smallest absolute Gasteiger partial charge is 0.187 e. The molecule has 0 spiro atoms. The molecule has 6 rings (SSSR count). The number of rotatable bonds is 5. The second-order valence-corrected chi connectivity index (χ2v) is 7.43. The Hall–Kier alpha value is -2.02. The largest absolute Gasteiger partial charge is 0.361 e. The van der Waals surface area contributed by atoms with Crippen molar-refractivity contribution >= 4 is 5.82 Å². The molecule has 6 nitrogen and oxygen atoms in total. The van der Waals surface area contributed by atoms with E-state index in [4.69, 9.17) is 4.52 Å². The highest BCUT2D eigenvalue weighted by Gasteiger charge is 2.45. The number of hydrogen-bond acceptors (Lipinski definition) is 6. The Labute approximate surface area is 146 Å². The van der Waals surface area contributed by atoms with E-state index < -0.39 is 0 Å². The number of anilines is 1. The molecule has 0 radical (unpaired) electrons. The summed E-state index contributed by atoms with van der Waals surface area (Å²) in [5.74, 6) is 1.83. The minimum Gasteiger partial charge on any atom is -0.361 e. The van der Waals surface area contributed by atoms with Gasteiger partial charge < -0.3 is 9.42 Å². The lowest BCUT2D eigenvalue weighted by Crippen LogP contribution is -2.68. The summed E-state index contributed by atoms with van der Waals surface area (Å²) >= 11 is 0. The van der Waals surface area contributed by atoms with Crippen molar-refractivity contribution in [3.8, 4) is 0 Å². The van der Waals surface area contributed by atoms with Gasteiger partial charge in [-0.2, -0.15) is 0 Å². The van der Waals surface area contributed by atoms with Crippen LogP contribution in [0.4, 0.5) is 10.2 Å². The van der Waals surface area contributed by atoms with Crippen LogP contribution in [0, 0.1) is 5.82 Å². The van der Waals surface area contributed by atoms with Gasteiger partial charge in [-0.1, -0.05) is 12.1 Å². The van der Waals surface area contributed by atoms with Gasteiger partial charge in [-0.05, 0) is 25.7 Å². The van der Waals surface area contributed by atoms with Gasteiger partial charge in [0.1, 0.15) is 12.1 Å². The van der Waals surface area contributed by atoms with E-state index >= 15 is 0 Å². The van der Waals surface area contributed by atoms with Crippen LogP contribution in [0.1, 0.15) is 49.3 Å². The average molecular weight is 343 g/mol. The zero-order valence-corrected chi connectivity index (χ0v) is 14.4. The van der Waals surface area contributed by atoms with Crippen molar-refractivity contribution in [3.63, 3.8) is 0 Å². The van der Waals surface area contributed by atoms with Crippen LogP contribution in [0.5, 0.6) is 0 Å². The number of aromatic nitrogens is 3. The predicted molar refractivity (Wildman–Crippen MR) is 89.8 cm³/mol. The molecule has 4 fully saturated rings. The Bertz CT molecular complexity index is 778. The molecule has 4 aliphatic rings. The first-order valence-corrected chi connectivity index (χ1v) is 9.18. The lowest BCUT2D eigenvalue weighted by atomic mass is 9.87. The molecule has 132 valence electrons. The molecular weight excluding hydrogens is 321 g/mol. The van der Waals surface area contributed by atoms with Gasteiger partial charge in [-0.25, -0.2) is 14.4 Å². The zero-order valence-electron chi connectivity index (χ0n) is 14.4. The average Bonchev–Trinajstić information content (AvgIpc) is 3.38. The first-order chi connectivity index (χ1) is 12.2. The molecule has 7 heteroatoms. The lowest BCUT2D eigenvalue weighted by molar-refractivity contribution is -0.0105. The van der Waals surface area contributed by atoms with Gasteiger partial charge in [0.05, 0.1) is 11.4 Å². The molecule has 2 aromatic heterocycles. The van der Waals surface area contributed by atoms with E-state index in [1.807, 2.05) is 6.92 Å². The summed E-state index contributed by atoms with van der Waals surface area (Å²) in [6, 6.07) is 2.97. The highest BCUT2D eigenvalue weighted by molar-refractivity contribution is 5.43. The minimum atomic E-state index is -0.261. The van der Waals surface area contributed by atoms with Crippen LogP contribution in [0.15, 0.2) is 16.9 Å². The first-order valence-electron chi connectivity index (χ1n) is 9.18. The summed E-state index contributed by atoms with van der Waals surface area (Å²) in [7, 11) is 0. The van der Waals surface area contributed by atoms with Crippen LogP contribution in [0.25, 0.3) is 0 Å². The third-order valence-electron chi connectivity index (χ3n) is 5.72. The number of fused-ring (bicyclic) bond motifs is 2. The molecule has 0 aromatic carbocycles. The van der Waals surface area contributed by atoms with E-state index in [-0.39, 0.29) is 5.82 Å². The van der Waals surface area contributed by atoms with Crippen molar-refractivity contribution in [2.75, 3.05) is 18.0 Å². The summed E-state index contributed by atoms with van der Waals surface area (Å²) in [6.07, 6.45) is 5.68. The Morgan fingerprint density at radius 1 is 1.24 bits per heavy atom. The standard InChI is InChI=1S/C18H22FN5O/c1-2-15-17(19)18(21-10-20-15)23-8-13-6-14(9-23)24(13)7-12-5-16(25-22-12)11-3-4-11/h5,10-11,13-14H,2-4,6-9H2,1H3. The number of piperidine rings is 1. The molecule has 0 N–H and O–H groups in total. The fraction of sp³-hybridized carbons (Fsp3) is 0.611. The second-order valence-electron chi connectivity index (χ2n) is 7.43. The molecule has 3 saturated heterocycles. The molecule has 2 unspecified atom stereocenters. The van der Waals surface area contributed by atoms with E-state index in [1.54, 1.807) is 0 Å². The monoisotopic (exact) mass is 343 g/mol. The van der Waals surface area contributed by atoms with Gasteiger partial charge in [0.25, 0.3) is 0 Å². The Kier molecular flexibility index (Phi) is 3.51. The van der Waals surface area contributed by atoms with E-state index in [2.05, 4.69) is 31.0 Å². The molecule has 1 saturated carbocycles. The van der Waals surface area contributed by atoms with Gasteiger partial charge in [0.15, 0.2) is 11.6 Å². The number of nitrogens with zero attached hydrogens (tertiary/aromatic N) is 5. The van der Waals surface area contributed by atoms with Crippen molar-refractivity contribution in [1.29, 1.82) is 0 Å². The molecule has 1 aliphatic carbocycles. The molecule has 3 aliphatic heterocycles. The van der Waals surface area contributed by atoms with Crippen LogP contribution in [-0.4, -0.2) is 45.2 Å². The maximum Gasteiger partial charge on any atom is 0.187 e. The summed E-state index contributed by atoms with van der Waals surface area (Å²) in [6.45, 7) is 4.35. The third-order valence-corrected chi connectivity index (χ3v) is 5.72. The maximum atomic E-state index is 14.5. The fourth-order valence-corrected chi connectivity index (χ4v) is 4.13. The fourth-order valence-electron chi connectivity index (χ4n) is 4.13. The maximum absolute atomic E-state index is 14.5. The van der Waals surface area contributed by atoms with Crippen LogP contribution in [0.2, 0.25) is 0 Å². The van der Waals surface area contributed by atoms with Gasteiger partial charge in [-0.3, -0.25) is 4.90 Å². The molecule has 2 aromatic rings. The van der Waals surface area contributed by atoms with Crippen LogP contribution in [-0.2, 0) is 13.0 Å². The molecule has 25 heavy (non-hydrogen) atoms. The predicted octanol–water partition coefficient (Wildman–Crippen LogP) is 2.51. The Morgan fingerprint density at radius 3 is 2.76 bits per heavy atom. The number of aryl methyl sites for hydroxylation is 1. The SMILES string of the molecule is CCc1ncnc(N2CC3CC(C2)N3Cc2cc(C3CC3)on2)c1F. The topological polar surface area (TPSA) is 58.3 Å². The van der Waals surface area contributed by atoms with Crippen molar-refractivity contribution in [1.82, 2.24) is 20.0 Å². The second kappa shape index (κ2) is 5.76. The van der Waals surface area contributed by atoms with Gasteiger partial charge >= 0.3 is 0 Å². The van der Waals surface area contributed by atoms with Crippen molar-refractivity contribution in [2.24, 2.45) is 0 Å². The van der Waals surface area contributed by atoms with Crippen molar-refractivity contribution in [2.45, 2.75) is 57.2 Å². The van der Waals surface area contributed by atoms with Crippen LogP contribution in [0.3, 0.4) is 0 Å². The minimum absolute atomic E-state index is 0.261. The Morgan fingerprint density at radius 2 is 2.04 bits per heavy atom. The summed E-state index contributed by atoms with van der Waals surface area (Å²) in [4.78, 5) is 12.8. The highest BCUT2D eigenvalue weighted by atomic mass is 19.1. The van der Waals surface area contributed by atoms with E-state index in [1.165, 1.54) is 19.2 Å². The number of hydrogen-bond donors (Lipinski definition) is 0. The lowest BCUT2D eigenvalue weighted by Gasteiger charge is -2.56. The number of halogens is 1. The summed E-state index contributed by atoms with van der Waals surface area (Å²) in [5, 5.41) is 4.23.